The Labute approximate surface area is 164 Å². The van der Waals surface area contributed by atoms with E-state index in [1.165, 1.54) is 9.80 Å². The molecule has 6 nitrogen and oxygen atoms in total. The van der Waals surface area contributed by atoms with E-state index in [9.17, 15) is 14.7 Å². The lowest BCUT2D eigenvalue weighted by Gasteiger charge is -2.27. The van der Waals surface area contributed by atoms with Gasteiger partial charge in [-0.15, -0.1) is 0 Å². The molecule has 0 spiro atoms. The predicted molar refractivity (Wildman–Crippen MR) is 105 cm³/mol. The van der Waals surface area contributed by atoms with Gasteiger partial charge in [0, 0.05) is 26.6 Å². The van der Waals surface area contributed by atoms with Gasteiger partial charge in [0.05, 0.1) is 6.10 Å². The van der Waals surface area contributed by atoms with Gasteiger partial charge in [0.1, 0.15) is 12.6 Å². The fraction of sp³-hybridized carbons (Fsp3) is 0.364. The first-order chi connectivity index (χ1) is 13.5. The molecule has 4 rings (SSSR count). The molecule has 1 aliphatic heterocycles. The van der Waals surface area contributed by atoms with E-state index in [-0.39, 0.29) is 18.4 Å². The summed E-state index contributed by atoms with van der Waals surface area (Å²) in [6.07, 6.45) is -1.05. The molecule has 0 aromatic heterocycles. The summed E-state index contributed by atoms with van der Waals surface area (Å²) in [6.45, 7) is 0.504. The van der Waals surface area contributed by atoms with Crippen LogP contribution in [0.2, 0.25) is 0 Å². The largest absolute Gasteiger partial charge is 0.448 e. The SMILES string of the molecule is CN(C)C(=O)[C@@H]1C(O)CCN1C(=O)OCC1c2ccccc2-c2ccccc21. The highest BCUT2D eigenvalue weighted by atomic mass is 16.6. The van der Waals surface area contributed by atoms with Crippen LogP contribution < -0.4 is 0 Å². The van der Waals surface area contributed by atoms with Crippen molar-refractivity contribution in [2.75, 3.05) is 27.2 Å². The van der Waals surface area contributed by atoms with Crippen LogP contribution in [-0.2, 0) is 9.53 Å². The van der Waals surface area contributed by atoms with Gasteiger partial charge in [0.2, 0.25) is 5.91 Å². The van der Waals surface area contributed by atoms with Crippen LogP contribution in [0.5, 0.6) is 0 Å². The molecule has 2 atom stereocenters. The second kappa shape index (κ2) is 7.28. The standard InChI is InChI=1S/C22H24N2O4/c1-23(2)21(26)20-19(25)11-12-24(20)22(27)28-13-18-16-9-5-3-7-14(16)15-8-4-6-10-17(15)18/h3-10,18-20,25H,11-13H2,1-2H3/t19?,20-/m0/s1. The molecular weight excluding hydrogens is 356 g/mol. The Balaban J connectivity index is 1.52. The normalized spacial score (nSPS) is 20.6. The number of fused-ring (bicyclic) bond motifs is 3. The summed E-state index contributed by atoms with van der Waals surface area (Å²) in [7, 11) is 3.23. The topological polar surface area (TPSA) is 70.1 Å². The number of nitrogens with zero attached hydrogens (tertiary/aromatic N) is 2. The van der Waals surface area contributed by atoms with E-state index in [1.807, 2.05) is 24.3 Å². The molecule has 2 aromatic rings. The Kier molecular flexibility index (Phi) is 4.81. The average molecular weight is 380 g/mol. The van der Waals surface area contributed by atoms with E-state index < -0.39 is 18.2 Å². The highest BCUT2D eigenvalue weighted by Gasteiger charge is 2.43. The number of ether oxygens (including phenoxy) is 1. The van der Waals surface area contributed by atoms with Crippen LogP contribution in [0.15, 0.2) is 48.5 Å². The fourth-order valence-corrected chi connectivity index (χ4v) is 4.22. The van der Waals surface area contributed by atoms with E-state index in [0.717, 1.165) is 22.3 Å². The minimum absolute atomic E-state index is 0.0353. The van der Waals surface area contributed by atoms with Crippen LogP contribution in [0.3, 0.4) is 0 Å². The second-order valence-corrected chi connectivity index (χ2v) is 7.53. The van der Waals surface area contributed by atoms with Gasteiger partial charge in [-0.05, 0) is 28.7 Å². The third kappa shape index (κ3) is 3.03. The second-order valence-electron chi connectivity index (χ2n) is 7.53. The smallest absolute Gasteiger partial charge is 0.410 e. The summed E-state index contributed by atoms with van der Waals surface area (Å²) in [5, 5.41) is 10.2. The molecule has 1 unspecified atom stereocenters. The van der Waals surface area contributed by atoms with Gasteiger partial charge in [-0.3, -0.25) is 9.69 Å². The van der Waals surface area contributed by atoms with E-state index in [2.05, 4.69) is 24.3 Å². The molecule has 1 N–H and O–H groups in total. The van der Waals surface area contributed by atoms with Crippen LogP contribution in [0.4, 0.5) is 4.79 Å². The van der Waals surface area contributed by atoms with Crippen LogP contribution in [0.1, 0.15) is 23.5 Å². The number of amides is 2. The van der Waals surface area contributed by atoms with Gasteiger partial charge in [-0.1, -0.05) is 48.5 Å². The summed E-state index contributed by atoms with van der Waals surface area (Å²) >= 11 is 0. The first-order valence-corrected chi connectivity index (χ1v) is 9.50. The van der Waals surface area contributed by atoms with Crippen LogP contribution in [-0.4, -0.2) is 66.3 Å². The zero-order chi connectivity index (χ0) is 19.8. The number of aliphatic hydroxyl groups is 1. The number of hydrogen-bond acceptors (Lipinski definition) is 4. The zero-order valence-corrected chi connectivity index (χ0v) is 16.0. The van der Waals surface area contributed by atoms with Crippen molar-refractivity contribution in [2.24, 2.45) is 0 Å². The van der Waals surface area contributed by atoms with Gasteiger partial charge in [0.15, 0.2) is 0 Å². The minimum atomic E-state index is -0.884. The van der Waals surface area contributed by atoms with Gasteiger partial charge < -0.3 is 14.7 Å². The molecule has 0 saturated carbocycles. The Morgan fingerprint density at radius 3 is 2.21 bits per heavy atom. The summed E-state index contributed by atoms with van der Waals surface area (Å²) < 4.78 is 5.64. The average Bonchev–Trinajstić information content (AvgIpc) is 3.24. The number of likely N-dealkylation sites (tertiary alicyclic amines) is 1. The molecule has 1 heterocycles. The van der Waals surface area contributed by atoms with E-state index >= 15 is 0 Å². The van der Waals surface area contributed by atoms with Crippen molar-refractivity contribution in [2.45, 2.75) is 24.5 Å². The fourth-order valence-electron chi connectivity index (χ4n) is 4.22. The number of carbonyl (C=O) groups excluding carboxylic acids is 2. The third-order valence-electron chi connectivity index (χ3n) is 5.63. The van der Waals surface area contributed by atoms with Crippen molar-refractivity contribution >= 4 is 12.0 Å². The highest BCUT2D eigenvalue weighted by Crippen LogP contribution is 2.44. The van der Waals surface area contributed by atoms with E-state index in [0.29, 0.717) is 13.0 Å². The number of carbonyl (C=O) groups is 2. The Bertz CT molecular complexity index is 865. The maximum Gasteiger partial charge on any atom is 0.410 e. The van der Waals surface area contributed by atoms with Gasteiger partial charge in [-0.2, -0.15) is 0 Å². The van der Waals surface area contributed by atoms with E-state index in [4.69, 9.17) is 4.74 Å². The maximum atomic E-state index is 12.7. The number of hydrogen-bond donors (Lipinski definition) is 1. The summed E-state index contributed by atoms with van der Waals surface area (Å²) in [6, 6.07) is 15.4. The quantitative estimate of drug-likeness (QED) is 0.888. The molecule has 146 valence electrons. The lowest BCUT2D eigenvalue weighted by molar-refractivity contribution is -0.135. The molecule has 0 bridgehead atoms. The third-order valence-corrected chi connectivity index (χ3v) is 5.63. The van der Waals surface area contributed by atoms with Crippen molar-refractivity contribution < 1.29 is 19.4 Å². The lowest BCUT2D eigenvalue weighted by atomic mass is 9.98. The van der Waals surface area contributed by atoms with Crippen molar-refractivity contribution in [3.05, 3.63) is 59.7 Å². The molecule has 28 heavy (non-hydrogen) atoms. The van der Waals surface area contributed by atoms with Crippen molar-refractivity contribution in [1.82, 2.24) is 9.80 Å². The summed E-state index contributed by atoms with van der Waals surface area (Å²) in [5.41, 5.74) is 4.60. The summed E-state index contributed by atoms with van der Waals surface area (Å²) in [5.74, 6) is -0.328. The minimum Gasteiger partial charge on any atom is -0.448 e. The Morgan fingerprint density at radius 2 is 1.64 bits per heavy atom. The molecule has 1 saturated heterocycles. The van der Waals surface area contributed by atoms with Crippen LogP contribution in [0, 0.1) is 0 Å². The molecule has 2 aromatic carbocycles. The van der Waals surface area contributed by atoms with Crippen LogP contribution in [0.25, 0.3) is 11.1 Å². The first-order valence-electron chi connectivity index (χ1n) is 9.50. The van der Waals surface area contributed by atoms with Crippen molar-refractivity contribution in [3.8, 4) is 11.1 Å². The van der Waals surface area contributed by atoms with Crippen molar-refractivity contribution in [1.29, 1.82) is 0 Å². The Hall–Kier alpha value is -2.86. The van der Waals surface area contributed by atoms with Gasteiger partial charge >= 0.3 is 6.09 Å². The molecular formula is C22H24N2O4. The molecule has 0 radical (unpaired) electrons. The van der Waals surface area contributed by atoms with Crippen LogP contribution >= 0.6 is 0 Å². The molecule has 1 aliphatic carbocycles. The van der Waals surface area contributed by atoms with Gasteiger partial charge in [0.25, 0.3) is 0 Å². The van der Waals surface area contributed by atoms with Gasteiger partial charge in [-0.25, -0.2) is 4.79 Å². The summed E-state index contributed by atoms with van der Waals surface area (Å²) in [4.78, 5) is 27.8. The molecule has 2 aliphatic rings. The molecule has 2 amide bonds. The molecule has 1 fully saturated rings. The van der Waals surface area contributed by atoms with Crippen molar-refractivity contribution in [3.63, 3.8) is 0 Å². The number of likely N-dealkylation sites (N-methyl/N-ethyl adjacent to an activating group) is 1. The predicted octanol–water partition coefficient (Wildman–Crippen LogP) is 2.46. The molecule has 6 heteroatoms. The number of aliphatic hydroxyl groups excluding tert-OH is 1. The monoisotopic (exact) mass is 380 g/mol. The highest BCUT2D eigenvalue weighted by molar-refractivity contribution is 5.86. The lowest BCUT2D eigenvalue weighted by Crippen LogP contribution is -2.50. The van der Waals surface area contributed by atoms with E-state index in [1.54, 1.807) is 14.1 Å². The maximum absolute atomic E-state index is 12.7. The zero-order valence-electron chi connectivity index (χ0n) is 16.0. The Morgan fingerprint density at radius 1 is 1.07 bits per heavy atom. The number of rotatable bonds is 3. The first kappa shape index (κ1) is 18.5. The number of benzene rings is 2.